The Bertz CT molecular complexity index is 1870. The highest BCUT2D eigenvalue weighted by atomic mass is 35.5. The first-order valence-corrected chi connectivity index (χ1v) is 17.3. The van der Waals surface area contributed by atoms with E-state index in [0.29, 0.717) is 22.6 Å². The van der Waals surface area contributed by atoms with E-state index in [1.807, 2.05) is 93.6 Å². The lowest BCUT2D eigenvalue weighted by Crippen LogP contribution is -2.41. The Kier molecular flexibility index (Phi) is 13.7. The molecule has 11 heteroatoms. The van der Waals surface area contributed by atoms with Gasteiger partial charge in [-0.25, -0.2) is 4.79 Å². The molecule has 0 spiro atoms. The van der Waals surface area contributed by atoms with E-state index < -0.39 is 5.60 Å². The lowest BCUT2D eigenvalue weighted by molar-refractivity contribution is 0.0500. The zero-order chi connectivity index (χ0) is 36.5. The van der Waals surface area contributed by atoms with E-state index in [1.54, 1.807) is 26.4 Å². The number of alkyl carbamates (subject to hydrolysis) is 1. The van der Waals surface area contributed by atoms with Gasteiger partial charge in [0.15, 0.2) is 0 Å². The summed E-state index contributed by atoms with van der Waals surface area (Å²) in [6.45, 7) is 5.54. The molecule has 0 saturated carbocycles. The molecule has 276 valence electrons. The van der Waals surface area contributed by atoms with Gasteiger partial charge in [0.25, 0.3) is 11.8 Å². The summed E-state index contributed by atoms with van der Waals surface area (Å²) in [4.78, 5) is 37.0. The summed E-state index contributed by atoms with van der Waals surface area (Å²) < 4.78 is 15.7. The number of ether oxygens (including phenoxy) is 3. The van der Waals surface area contributed by atoms with Crippen LogP contribution in [0.5, 0.6) is 11.5 Å². The van der Waals surface area contributed by atoms with Crippen LogP contribution in [0.15, 0.2) is 84.9 Å². The number of hydrogen-bond donors (Lipinski definition) is 4. The number of anilines is 2. The van der Waals surface area contributed by atoms with Gasteiger partial charge in [-0.3, -0.25) is 9.59 Å². The first-order valence-electron chi connectivity index (χ1n) is 17.3. The second-order valence-electron chi connectivity index (χ2n) is 13.9. The molecule has 0 aromatic heterocycles. The van der Waals surface area contributed by atoms with Crippen molar-refractivity contribution in [3.63, 3.8) is 0 Å². The summed E-state index contributed by atoms with van der Waals surface area (Å²) in [5.41, 5.74) is 13.0. The van der Waals surface area contributed by atoms with Gasteiger partial charge in [-0.15, -0.1) is 12.4 Å². The molecule has 52 heavy (non-hydrogen) atoms. The minimum atomic E-state index is -0.512. The summed E-state index contributed by atoms with van der Waals surface area (Å²) in [5.74, 6) is 1.15. The fourth-order valence-corrected chi connectivity index (χ4v) is 6.23. The van der Waals surface area contributed by atoms with Crippen LogP contribution in [0, 0.1) is 0 Å². The van der Waals surface area contributed by atoms with E-state index in [2.05, 4.69) is 16.0 Å². The number of carbonyl (C=O) groups excluding carboxylic acids is 3. The van der Waals surface area contributed by atoms with E-state index in [1.165, 1.54) is 11.1 Å². The molecule has 0 bridgehead atoms. The fourth-order valence-electron chi connectivity index (χ4n) is 6.23. The van der Waals surface area contributed by atoms with Gasteiger partial charge in [-0.05, 0) is 130 Å². The molecule has 2 atom stereocenters. The molecule has 2 aliphatic carbocycles. The molecular formula is C41H49ClN4O6. The monoisotopic (exact) mass is 728 g/mol. The van der Waals surface area contributed by atoms with Crippen molar-refractivity contribution in [1.29, 1.82) is 0 Å². The van der Waals surface area contributed by atoms with Crippen molar-refractivity contribution in [3.05, 3.63) is 118 Å². The van der Waals surface area contributed by atoms with Crippen LogP contribution in [-0.2, 0) is 30.4 Å². The van der Waals surface area contributed by atoms with Crippen LogP contribution in [0.2, 0.25) is 0 Å². The molecule has 0 aliphatic heterocycles. The Hall–Kier alpha value is -5.06. The SMILES string of the molecule is COc1cccc(NC(=O)c2ccc3c(c2)CCC(N)C3)c1.COc1cccc(NC(=O)c2ccc3c(c2)CCC(NC(=O)OC(C)(C)C)C3)c1.Cl. The van der Waals surface area contributed by atoms with E-state index in [4.69, 9.17) is 19.9 Å². The second-order valence-corrected chi connectivity index (χ2v) is 13.9. The third-order valence-electron chi connectivity index (χ3n) is 8.81. The number of aryl methyl sites for hydroxylation is 2. The van der Waals surface area contributed by atoms with Gasteiger partial charge in [0, 0.05) is 46.7 Å². The molecule has 4 aromatic rings. The van der Waals surface area contributed by atoms with Gasteiger partial charge < -0.3 is 35.9 Å². The number of methoxy groups -OCH3 is 2. The van der Waals surface area contributed by atoms with Crippen LogP contribution in [0.4, 0.5) is 16.2 Å². The number of rotatable bonds is 7. The Morgan fingerprint density at radius 1 is 0.673 bits per heavy atom. The molecule has 0 saturated heterocycles. The number of amides is 3. The number of carbonyl (C=O) groups is 3. The summed E-state index contributed by atoms with van der Waals surface area (Å²) in [5, 5.41) is 8.75. The Balaban J connectivity index is 0.000000236. The molecule has 6 rings (SSSR count). The first kappa shape index (κ1) is 39.7. The van der Waals surface area contributed by atoms with E-state index >= 15 is 0 Å². The van der Waals surface area contributed by atoms with Crippen molar-refractivity contribution in [1.82, 2.24) is 5.32 Å². The molecule has 2 unspecified atom stereocenters. The molecule has 0 heterocycles. The van der Waals surface area contributed by atoms with Crippen LogP contribution in [0.3, 0.4) is 0 Å². The minimum Gasteiger partial charge on any atom is -0.497 e. The predicted molar refractivity (Wildman–Crippen MR) is 207 cm³/mol. The average Bonchev–Trinajstić information content (AvgIpc) is 3.10. The van der Waals surface area contributed by atoms with Crippen molar-refractivity contribution in [2.45, 2.75) is 77.0 Å². The highest BCUT2D eigenvalue weighted by molar-refractivity contribution is 6.05. The Labute approximate surface area is 312 Å². The zero-order valence-electron chi connectivity index (χ0n) is 30.4. The number of hydrogen-bond acceptors (Lipinski definition) is 7. The van der Waals surface area contributed by atoms with Crippen LogP contribution in [-0.4, -0.2) is 49.8 Å². The van der Waals surface area contributed by atoms with Crippen molar-refractivity contribution in [3.8, 4) is 11.5 Å². The zero-order valence-corrected chi connectivity index (χ0v) is 31.2. The second kappa shape index (κ2) is 17.9. The minimum absolute atomic E-state index is 0. The lowest BCUT2D eigenvalue weighted by atomic mass is 9.87. The molecule has 10 nitrogen and oxygen atoms in total. The van der Waals surface area contributed by atoms with E-state index in [-0.39, 0.29) is 42.4 Å². The van der Waals surface area contributed by atoms with Crippen molar-refractivity contribution in [2.24, 2.45) is 5.73 Å². The van der Waals surface area contributed by atoms with Gasteiger partial charge >= 0.3 is 6.09 Å². The topological polar surface area (TPSA) is 141 Å². The highest BCUT2D eigenvalue weighted by Crippen LogP contribution is 2.26. The Morgan fingerprint density at radius 2 is 1.17 bits per heavy atom. The maximum Gasteiger partial charge on any atom is 0.407 e. The summed E-state index contributed by atoms with van der Waals surface area (Å²) in [7, 11) is 3.20. The number of nitrogens with one attached hydrogen (secondary N) is 3. The molecule has 0 radical (unpaired) electrons. The van der Waals surface area contributed by atoms with Crippen LogP contribution in [0.25, 0.3) is 0 Å². The van der Waals surface area contributed by atoms with E-state index in [9.17, 15) is 14.4 Å². The highest BCUT2D eigenvalue weighted by Gasteiger charge is 2.24. The fraction of sp³-hybridized carbons (Fsp3) is 0.341. The average molecular weight is 729 g/mol. The lowest BCUT2D eigenvalue weighted by Gasteiger charge is -2.27. The molecular weight excluding hydrogens is 680 g/mol. The van der Waals surface area contributed by atoms with E-state index in [0.717, 1.165) is 61.1 Å². The molecule has 3 amide bonds. The normalized spacial score (nSPS) is 15.9. The number of benzene rings is 4. The standard InChI is InChI=1S/C23H28N2O4.C18H20N2O2.ClH/c1-23(2,3)29-22(27)25-19-11-10-15-12-17(9-8-16(15)13-19)21(26)24-18-6-5-7-20(14-18)28-4;1-22-17-4-2-3-16(11-17)20-18(21)14-6-5-13-10-15(19)8-7-12(13)9-14;/h5-9,12,14,19H,10-11,13H2,1-4H3,(H,24,26)(H,25,27);2-6,9,11,15H,7-8,10,19H2,1H3,(H,20,21);1H. The van der Waals surface area contributed by atoms with Gasteiger partial charge in [0.2, 0.25) is 0 Å². The molecule has 2 aliphatic rings. The smallest absolute Gasteiger partial charge is 0.407 e. The number of fused-ring (bicyclic) bond motifs is 2. The quantitative estimate of drug-likeness (QED) is 0.154. The van der Waals surface area contributed by atoms with Crippen LogP contribution in [0.1, 0.15) is 76.6 Å². The van der Waals surface area contributed by atoms with Gasteiger partial charge in [-0.2, -0.15) is 0 Å². The van der Waals surface area contributed by atoms with Crippen molar-refractivity contribution in [2.75, 3.05) is 24.9 Å². The third-order valence-corrected chi connectivity index (χ3v) is 8.81. The summed E-state index contributed by atoms with van der Waals surface area (Å²) in [6.07, 6.45) is 4.77. The van der Waals surface area contributed by atoms with Crippen molar-refractivity contribution >= 4 is 41.7 Å². The summed E-state index contributed by atoms with van der Waals surface area (Å²) in [6, 6.07) is 26.5. The van der Waals surface area contributed by atoms with Crippen LogP contribution >= 0.6 is 12.4 Å². The maximum absolute atomic E-state index is 12.6. The number of nitrogens with two attached hydrogens (primary N) is 1. The predicted octanol–water partition coefficient (Wildman–Crippen LogP) is 7.51. The van der Waals surface area contributed by atoms with Gasteiger partial charge in [0.05, 0.1) is 14.2 Å². The molecule has 0 fully saturated rings. The molecule has 5 N–H and O–H groups in total. The van der Waals surface area contributed by atoms with Crippen molar-refractivity contribution < 1.29 is 28.6 Å². The van der Waals surface area contributed by atoms with Crippen LogP contribution < -0.4 is 31.2 Å². The van der Waals surface area contributed by atoms with Gasteiger partial charge in [0.1, 0.15) is 17.1 Å². The first-order chi connectivity index (χ1) is 24.4. The summed E-state index contributed by atoms with van der Waals surface area (Å²) >= 11 is 0. The third kappa shape index (κ3) is 11.2. The maximum atomic E-state index is 12.6. The largest absolute Gasteiger partial charge is 0.497 e. The molecule has 4 aromatic carbocycles. The number of halogens is 1. The Morgan fingerprint density at radius 3 is 1.67 bits per heavy atom. The van der Waals surface area contributed by atoms with Gasteiger partial charge in [-0.1, -0.05) is 24.3 Å².